The van der Waals surface area contributed by atoms with Crippen LogP contribution < -0.4 is 0 Å². The largest absolute Gasteiger partial charge is 0.322 e. The second-order valence-electron chi connectivity index (χ2n) is 2.61. The first-order chi connectivity index (χ1) is 4.72. The fourth-order valence-electron chi connectivity index (χ4n) is 0.757. The van der Waals surface area contributed by atoms with Gasteiger partial charge < -0.3 is 4.57 Å². The van der Waals surface area contributed by atoms with Crippen molar-refractivity contribution in [3.63, 3.8) is 0 Å². The Hall–Kier alpha value is -0.830. The van der Waals surface area contributed by atoms with Crippen molar-refractivity contribution in [3.8, 4) is 0 Å². The Morgan fingerprint density at radius 1 is 1.50 bits per heavy atom. The zero-order valence-electron chi connectivity index (χ0n) is 6.65. The van der Waals surface area contributed by atoms with E-state index >= 15 is 0 Å². The molecule has 0 aromatic carbocycles. The molecule has 0 aliphatic heterocycles. The second kappa shape index (κ2) is 2.84. The molecule has 0 N–H and O–H groups in total. The van der Waals surface area contributed by atoms with Crippen LogP contribution in [0, 0.1) is 0 Å². The Kier molecular flexibility index (Phi) is 2.06. The fourth-order valence-corrected chi connectivity index (χ4v) is 0.757. The molecule has 10 heavy (non-hydrogen) atoms. The molecule has 1 aromatic heterocycles. The van der Waals surface area contributed by atoms with Gasteiger partial charge in [-0.25, -0.2) is 4.98 Å². The molecule has 0 bridgehead atoms. The van der Waals surface area contributed by atoms with E-state index < -0.39 is 0 Å². The number of hydrogen-bond donors (Lipinski definition) is 0. The average Bonchev–Trinajstić information content (AvgIpc) is 2.36. The molecule has 0 aliphatic rings. The van der Waals surface area contributed by atoms with Gasteiger partial charge in [-0.05, 0) is 21.0 Å². The quantitative estimate of drug-likeness (QED) is 0.608. The van der Waals surface area contributed by atoms with Crippen LogP contribution in [0.3, 0.4) is 0 Å². The van der Waals surface area contributed by atoms with Crippen molar-refractivity contribution in [2.45, 2.75) is 13.1 Å². The van der Waals surface area contributed by atoms with E-state index in [1.807, 2.05) is 26.6 Å². The van der Waals surface area contributed by atoms with E-state index in [2.05, 4.69) is 21.4 Å². The normalized spacial score (nSPS) is 14.0. The van der Waals surface area contributed by atoms with Gasteiger partial charge in [0.25, 0.3) is 0 Å². The average molecular weight is 139 g/mol. The first kappa shape index (κ1) is 7.28. The van der Waals surface area contributed by atoms with Crippen LogP contribution in [0.15, 0.2) is 18.7 Å². The highest BCUT2D eigenvalue weighted by Crippen LogP contribution is 2.05. The molecule has 0 aliphatic carbocycles. The number of imidazole rings is 1. The van der Waals surface area contributed by atoms with E-state index in [4.69, 9.17) is 0 Å². The summed E-state index contributed by atoms with van der Waals surface area (Å²) in [5, 5.41) is 0. The Labute approximate surface area is 61.3 Å². The van der Waals surface area contributed by atoms with E-state index in [0.29, 0.717) is 6.17 Å². The molecule has 0 amide bonds. The maximum Gasteiger partial charge on any atom is 0.0959 e. The van der Waals surface area contributed by atoms with Gasteiger partial charge in [-0.3, -0.25) is 4.90 Å². The number of aromatic nitrogens is 2. The third kappa shape index (κ3) is 1.36. The van der Waals surface area contributed by atoms with Gasteiger partial charge in [0.05, 0.1) is 12.5 Å². The van der Waals surface area contributed by atoms with Crippen LogP contribution in [0.25, 0.3) is 0 Å². The summed E-state index contributed by atoms with van der Waals surface area (Å²) in [6.07, 6.45) is 5.97. The van der Waals surface area contributed by atoms with Crippen molar-refractivity contribution in [1.29, 1.82) is 0 Å². The van der Waals surface area contributed by atoms with Gasteiger partial charge >= 0.3 is 0 Å². The molecule has 1 rings (SSSR count). The SMILES string of the molecule is CC(N(C)C)n1ccnc1. The van der Waals surface area contributed by atoms with Gasteiger partial charge in [0, 0.05) is 12.4 Å². The number of hydrogen-bond acceptors (Lipinski definition) is 2. The minimum Gasteiger partial charge on any atom is -0.322 e. The van der Waals surface area contributed by atoms with Crippen molar-refractivity contribution < 1.29 is 0 Å². The maximum atomic E-state index is 3.96. The maximum absolute atomic E-state index is 3.96. The van der Waals surface area contributed by atoms with E-state index in [1.54, 1.807) is 6.20 Å². The van der Waals surface area contributed by atoms with Crippen LogP contribution >= 0.6 is 0 Å². The second-order valence-corrected chi connectivity index (χ2v) is 2.61. The third-order valence-electron chi connectivity index (χ3n) is 1.70. The van der Waals surface area contributed by atoms with Gasteiger partial charge in [0.2, 0.25) is 0 Å². The van der Waals surface area contributed by atoms with Gasteiger partial charge in [-0.15, -0.1) is 0 Å². The highest BCUT2D eigenvalue weighted by molar-refractivity contribution is 4.77. The lowest BCUT2D eigenvalue weighted by atomic mass is 10.5. The van der Waals surface area contributed by atoms with Crippen LogP contribution in [-0.4, -0.2) is 28.5 Å². The summed E-state index contributed by atoms with van der Waals surface area (Å²) < 4.78 is 2.06. The summed E-state index contributed by atoms with van der Waals surface area (Å²) in [6.45, 7) is 2.13. The van der Waals surface area contributed by atoms with Gasteiger partial charge in [-0.2, -0.15) is 0 Å². The van der Waals surface area contributed by atoms with Gasteiger partial charge in [-0.1, -0.05) is 0 Å². The smallest absolute Gasteiger partial charge is 0.0959 e. The summed E-state index contributed by atoms with van der Waals surface area (Å²) in [5.74, 6) is 0. The molecule has 3 nitrogen and oxygen atoms in total. The van der Waals surface area contributed by atoms with Crippen molar-refractivity contribution in [2.24, 2.45) is 0 Å². The molecule has 0 fully saturated rings. The van der Waals surface area contributed by atoms with E-state index in [-0.39, 0.29) is 0 Å². The summed E-state index contributed by atoms with van der Waals surface area (Å²) in [7, 11) is 4.09. The Morgan fingerprint density at radius 3 is 2.60 bits per heavy atom. The van der Waals surface area contributed by atoms with Crippen molar-refractivity contribution in [2.75, 3.05) is 14.1 Å². The molecule has 0 saturated carbocycles. The fraction of sp³-hybridized carbons (Fsp3) is 0.571. The Balaban J connectivity index is 2.68. The molecule has 56 valence electrons. The highest BCUT2D eigenvalue weighted by atomic mass is 15.3. The molecule has 1 atom stereocenters. The highest BCUT2D eigenvalue weighted by Gasteiger charge is 2.03. The standard InChI is InChI=1S/C7H13N3/c1-7(9(2)3)10-5-4-8-6-10/h4-7H,1-3H3. The molecule has 0 spiro atoms. The van der Waals surface area contributed by atoms with Crippen LogP contribution in [0.4, 0.5) is 0 Å². The monoisotopic (exact) mass is 139 g/mol. The first-order valence-electron chi connectivity index (χ1n) is 3.35. The number of nitrogens with zero attached hydrogens (tertiary/aromatic N) is 3. The van der Waals surface area contributed by atoms with Gasteiger partial charge in [0.1, 0.15) is 0 Å². The van der Waals surface area contributed by atoms with Crippen molar-refractivity contribution >= 4 is 0 Å². The molecule has 0 saturated heterocycles. The molecular formula is C7H13N3. The van der Waals surface area contributed by atoms with Crippen LogP contribution in [0.1, 0.15) is 13.1 Å². The summed E-state index contributed by atoms with van der Waals surface area (Å²) >= 11 is 0. The van der Waals surface area contributed by atoms with Crippen LogP contribution in [0.5, 0.6) is 0 Å². The minimum absolute atomic E-state index is 0.391. The minimum atomic E-state index is 0.391. The summed E-state index contributed by atoms with van der Waals surface area (Å²) in [5.41, 5.74) is 0. The molecule has 1 aromatic rings. The van der Waals surface area contributed by atoms with Crippen LogP contribution in [0.2, 0.25) is 0 Å². The van der Waals surface area contributed by atoms with Gasteiger partial charge in [0.15, 0.2) is 0 Å². The lowest BCUT2D eigenvalue weighted by Crippen LogP contribution is -2.21. The number of rotatable bonds is 2. The Morgan fingerprint density at radius 2 is 2.20 bits per heavy atom. The molecule has 3 heteroatoms. The van der Waals surface area contributed by atoms with E-state index in [1.165, 1.54) is 0 Å². The van der Waals surface area contributed by atoms with Crippen LogP contribution in [-0.2, 0) is 0 Å². The molecule has 1 heterocycles. The predicted molar refractivity (Wildman–Crippen MR) is 40.6 cm³/mol. The predicted octanol–water partition coefficient (Wildman–Crippen LogP) is 0.963. The Bertz CT molecular complexity index is 179. The molecule has 0 radical (unpaired) electrons. The summed E-state index contributed by atoms with van der Waals surface area (Å²) in [6, 6.07) is 0. The third-order valence-corrected chi connectivity index (χ3v) is 1.70. The zero-order chi connectivity index (χ0) is 7.56. The molecular weight excluding hydrogens is 126 g/mol. The van der Waals surface area contributed by atoms with E-state index in [0.717, 1.165) is 0 Å². The van der Waals surface area contributed by atoms with E-state index in [9.17, 15) is 0 Å². The lowest BCUT2D eigenvalue weighted by molar-refractivity contribution is 0.238. The van der Waals surface area contributed by atoms with Crippen molar-refractivity contribution in [1.82, 2.24) is 14.5 Å². The zero-order valence-corrected chi connectivity index (χ0v) is 6.65. The van der Waals surface area contributed by atoms with Crippen molar-refractivity contribution in [3.05, 3.63) is 18.7 Å². The topological polar surface area (TPSA) is 21.1 Å². The molecule has 1 unspecified atom stereocenters. The first-order valence-corrected chi connectivity index (χ1v) is 3.35. The summed E-state index contributed by atoms with van der Waals surface area (Å²) in [4.78, 5) is 6.09. The lowest BCUT2D eigenvalue weighted by Gasteiger charge is -2.20.